The Bertz CT molecular complexity index is 117. The largest absolute Gasteiger partial charge is 0.425 e. The molecule has 0 aromatic rings. The van der Waals surface area contributed by atoms with Gasteiger partial charge in [-0.3, -0.25) is 4.79 Å². The Morgan fingerprint density at radius 3 is 1.78 bits per heavy atom. The number of carbonyl (C=O) groups is 1. The molecule has 0 aromatic heterocycles. The molecule has 0 aliphatic rings. The summed E-state index contributed by atoms with van der Waals surface area (Å²) in [6.07, 6.45) is -8.00. The number of halogens is 3. The topological polar surface area (TPSA) is 37.0 Å². The van der Waals surface area contributed by atoms with E-state index < -0.39 is 18.1 Å². The molecule has 2 nitrogen and oxygen atoms in total. The van der Waals surface area contributed by atoms with Crippen LogP contribution in [0.3, 0.4) is 0 Å². The molecule has 0 spiro atoms. The second-order valence-electron chi connectivity index (χ2n) is 1.53. The van der Waals surface area contributed by atoms with Gasteiger partial charge < -0.3 is 0 Å². The van der Waals surface area contributed by atoms with Crippen LogP contribution in [0.1, 0.15) is 6.92 Å². The van der Waals surface area contributed by atoms with Gasteiger partial charge in [-0.05, 0) is 6.92 Å². The van der Waals surface area contributed by atoms with E-state index in [1.165, 1.54) is 0 Å². The van der Waals surface area contributed by atoms with Crippen molar-refractivity contribution in [3.63, 3.8) is 0 Å². The molecule has 5 heteroatoms. The first-order chi connectivity index (χ1) is 3.85. The van der Waals surface area contributed by atoms with Crippen molar-refractivity contribution in [2.24, 2.45) is 0 Å². The molecular formula is C4H4F3O2. The Morgan fingerprint density at radius 1 is 1.44 bits per heavy atom. The van der Waals surface area contributed by atoms with E-state index >= 15 is 0 Å². The fourth-order valence-electron chi connectivity index (χ4n) is 0.230. The summed E-state index contributed by atoms with van der Waals surface area (Å²) in [5.41, 5.74) is 0. The summed E-state index contributed by atoms with van der Waals surface area (Å²) in [6, 6.07) is 0. The highest BCUT2D eigenvalue weighted by molar-refractivity contribution is 5.80. The number of rotatable bonds is 1. The number of carbonyl (C=O) groups excluding carboxylic acids is 1. The predicted molar refractivity (Wildman–Crippen MR) is 21.2 cm³/mol. The first-order valence-corrected chi connectivity index (χ1v) is 2.08. The molecule has 1 atom stereocenters. The van der Waals surface area contributed by atoms with Crippen LogP contribution in [0.2, 0.25) is 0 Å². The van der Waals surface area contributed by atoms with E-state index in [4.69, 9.17) is 0 Å². The molecule has 0 N–H and O–H groups in total. The maximum atomic E-state index is 11.2. The zero-order valence-corrected chi connectivity index (χ0v) is 4.53. The summed E-state index contributed by atoms with van der Waals surface area (Å²) in [5, 5.41) is 9.77. The Hall–Kier alpha value is -0.580. The van der Waals surface area contributed by atoms with Gasteiger partial charge in [-0.2, -0.15) is 13.2 Å². The minimum Gasteiger partial charge on any atom is -0.297 e. The number of hydrogen-bond acceptors (Lipinski definition) is 1. The number of hydrogen-bond donors (Lipinski definition) is 0. The van der Waals surface area contributed by atoms with Crippen molar-refractivity contribution in [3.05, 3.63) is 0 Å². The minimum atomic E-state index is -4.92. The van der Waals surface area contributed by atoms with Crippen molar-refractivity contribution < 1.29 is 23.1 Å². The van der Waals surface area contributed by atoms with Crippen LogP contribution in [0.5, 0.6) is 0 Å². The molecule has 0 rings (SSSR count). The van der Waals surface area contributed by atoms with E-state index in [1.54, 1.807) is 0 Å². The van der Waals surface area contributed by atoms with Crippen LogP contribution in [0.4, 0.5) is 13.2 Å². The fourth-order valence-corrected chi connectivity index (χ4v) is 0.230. The molecule has 0 saturated carbocycles. The van der Waals surface area contributed by atoms with E-state index in [2.05, 4.69) is 0 Å². The molecular weight excluding hydrogens is 137 g/mol. The molecule has 0 amide bonds. The van der Waals surface area contributed by atoms with Crippen LogP contribution in [0.15, 0.2) is 0 Å². The van der Waals surface area contributed by atoms with Gasteiger partial charge in [0.15, 0.2) is 5.78 Å². The Morgan fingerprint density at radius 2 is 1.78 bits per heavy atom. The molecule has 0 aliphatic heterocycles. The van der Waals surface area contributed by atoms with Crippen molar-refractivity contribution in [2.45, 2.75) is 19.2 Å². The van der Waals surface area contributed by atoms with Crippen molar-refractivity contribution in [3.8, 4) is 0 Å². The van der Waals surface area contributed by atoms with Crippen LogP contribution in [0, 0.1) is 0 Å². The van der Waals surface area contributed by atoms with Crippen molar-refractivity contribution in [1.82, 2.24) is 0 Å². The van der Waals surface area contributed by atoms with Gasteiger partial charge in [-0.25, -0.2) is 5.11 Å². The summed E-state index contributed by atoms with van der Waals surface area (Å²) >= 11 is 0. The monoisotopic (exact) mass is 141 g/mol. The van der Waals surface area contributed by atoms with Crippen molar-refractivity contribution in [2.75, 3.05) is 0 Å². The molecule has 0 aromatic carbocycles. The Balaban J connectivity index is 4.04. The van der Waals surface area contributed by atoms with E-state index in [0.29, 0.717) is 6.92 Å². The van der Waals surface area contributed by atoms with Crippen molar-refractivity contribution in [1.29, 1.82) is 0 Å². The molecule has 0 bridgehead atoms. The molecule has 0 saturated heterocycles. The second kappa shape index (κ2) is 2.34. The average Bonchev–Trinajstić information content (AvgIpc) is 1.62. The van der Waals surface area contributed by atoms with Gasteiger partial charge >= 0.3 is 6.18 Å². The van der Waals surface area contributed by atoms with E-state index in [-0.39, 0.29) is 0 Å². The maximum Gasteiger partial charge on any atom is 0.425 e. The third-order valence-electron chi connectivity index (χ3n) is 0.667. The summed E-state index contributed by atoms with van der Waals surface area (Å²) in [7, 11) is 0. The number of alkyl halides is 3. The lowest BCUT2D eigenvalue weighted by molar-refractivity contribution is -0.217. The number of ketones is 1. The van der Waals surface area contributed by atoms with Crippen LogP contribution in [-0.4, -0.2) is 18.1 Å². The van der Waals surface area contributed by atoms with Gasteiger partial charge in [0.25, 0.3) is 0 Å². The predicted octanol–water partition coefficient (Wildman–Crippen LogP) is 0.937. The minimum absolute atomic E-state index is 0.616. The molecule has 0 fully saturated rings. The molecule has 1 radical (unpaired) electrons. The van der Waals surface area contributed by atoms with Gasteiger partial charge in [0, 0.05) is 0 Å². The summed E-state index contributed by atoms with van der Waals surface area (Å²) < 4.78 is 33.5. The highest BCUT2D eigenvalue weighted by Gasteiger charge is 2.43. The van der Waals surface area contributed by atoms with Crippen LogP contribution in [-0.2, 0) is 9.90 Å². The van der Waals surface area contributed by atoms with Crippen LogP contribution >= 0.6 is 0 Å². The maximum absolute atomic E-state index is 11.2. The normalized spacial score (nSPS) is 15.2. The van der Waals surface area contributed by atoms with Gasteiger partial charge in [0.1, 0.15) is 0 Å². The lowest BCUT2D eigenvalue weighted by Gasteiger charge is -2.07. The zero-order chi connectivity index (χ0) is 7.65. The summed E-state index contributed by atoms with van der Waals surface area (Å²) in [4.78, 5) is 9.76. The lowest BCUT2D eigenvalue weighted by atomic mass is 10.2. The Kier molecular flexibility index (Phi) is 2.19. The zero-order valence-electron chi connectivity index (χ0n) is 4.53. The molecule has 9 heavy (non-hydrogen) atoms. The highest BCUT2D eigenvalue weighted by atomic mass is 19.4. The highest BCUT2D eigenvalue weighted by Crippen LogP contribution is 2.20. The van der Waals surface area contributed by atoms with Gasteiger partial charge in [0.2, 0.25) is 6.10 Å². The third-order valence-corrected chi connectivity index (χ3v) is 0.667. The van der Waals surface area contributed by atoms with Gasteiger partial charge in [-0.15, -0.1) is 0 Å². The van der Waals surface area contributed by atoms with E-state index in [9.17, 15) is 23.1 Å². The molecule has 0 aliphatic carbocycles. The quantitative estimate of drug-likeness (QED) is 0.535. The van der Waals surface area contributed by atoms with Gasteiger partial charge in [-0.1, -0.05) is 0 Å². The first-order valence-electron chi connectivity index (χ1n) is 2.08. The van der Waals surface area contributed by atoms with E-state index in [0.717, 1.165) is 0 Å². The summed E-state index contributed by atoms with van der Waals surface area (Å²) in [6.45, 7) is 0.616. The second-order valence-corrected chi connectivity index (χ2v) is 1.53. The van der Waals surface area contributed by atoms with E-state index in [1.807, 2.05) is 0 Å². The SMILES string of the molecule is CC(=O)C([O])C(F)(F)F. The van der Waals surface area contributed by atoms with Crippen LogP contribution < -0.4 is 0 Å². The lowest BCUT2D eigenvalue weighted by Crippen LogP contribution is -2.33. The van der Waals surface area contributed by atoms with Gasteiger partial charge in [0.05, 0.1) is 0 Å². The smallest absolute Gasteiger partial charge is 0.297 e. The van der Waals surface area contributed by atoms with Crippen LogP contribution in [0.25, 0.3) is 0 Å². The Labute approximate surface area is 49.3 Å². The molecule has 0 heterocycles. The molecule has 1 unspecified atom stereocenters. The standard InChI is InChI=1S/C4H4F3O2/c1-2(8)3(9)4(5,6)7/h3H,1H3. The fraction of sp³-hybridized carbons (Fsp3) is 0.750. The number of Topliss-reactive ketones (excluding diaryl/α,β-unsaturated/α-hetero) is 1. The first kappa shape index (κ1) is 8.42. The molecule has 53 valence electrons. The average molecular weight is 141 g/mol. The third kappa shape index (κ3) is 2.46. The summed E-state index contributed by atoms with van der Waals surface area (Å²) in [5.74, 6) is -1.40. The van der Waals surface area contributed by atoms with Crippen molar-refractivity contribution >= 4 is 5.78 Å².